The molecule has 2 heterocycles. The molecule has 0 radical (unpaired) electrons. The lowest BCUT2D eigenvalue weighted by Gasteiger charge is -2.29. The van der Waals surface area contributed by atoms with Crippen molar-refractivity contribution in [2.24, 2.45) is 0 Å². The van der Waals surface area contributed by atoms with Crippen LogP contribution in [0.3, 0.4) is 0 Å². The molecule has 1 aliphatic heterocycles. The first kappa shape index (κ1) is 25.6. The molecule has 0 unspecified atom stereocenters. The van der Waals surface area contributed by atoms with Crippen molar-refractivity contribution in [2.45, 2.75) is 18.7 Å². The number of rotatable bonds is 6. The smallest absolute Gasteiger partial charge is 0.260 e. The molecule has 4 rings (SSSR count). The Bertz CT molecular complexity index is 1250. The molecule has 0 N–H and O–H groups in total. The topological polar surface area (TPSA) is 79.8 Å². The Hall–Kier alpha value is -2.04. The van der Waals surface area contributed by atoms with Crippen molar-refractivity contribution in [3.05, 3.63) is 53.1 Å². The van der Waals surface area contributed by atoms with Gasteiger partial charge in [0.1, 0.15) is 5.52 Å². The SMILES string of the molecule is Cc1ccc(C)c(C(=O)N(CCN2CCOCC2)c2nc3c(S(C)(=O)=O)cccc3s2)c1.Cl. The quantitative estimate of drug-likeness (QED) is 0.504. The Labute approximate surface area is 204 Å². The third-order valence-corrected chi connectivity index (χ3v) is 7.79. The first-order chi connectivity index (χ1) is 15.2. The molecule has 2 aromatic carbocycles. The summed E-state index contributed by atoms with van der Waals surface area (Å²) in [7, 11) is -3.44. The molecule has 1 fully saturated rings. The Balaban J connectivity index is 0.00000306. The number of para-hydroxylation sites is 1. The fraction of sp³-hybridized carbons (Fsp3) is 0.391. The van der Waals surface area contributed by atoms with Crippen molar-refractivity contribution < 1.29 is 17.9 Å². The van der Waals surface area contributed by atoms with Gasteiger partial charge < -0.3 is 4.74 Å². The van der Waals surface area contributed by atoms with E-state index in [2.05, 4.69) is 9.88 Å². The summed E-state index contributed by atoms with van der Waals surface area (Å²) in [5.41, 5.74) is 2.96. The van der Waals surface area contributed by atoms with Gasteiger partial charge in [0.05, 0.1) is 22.8 Å². The average Bonchev–Trinajstić information content (AvgIpc) is 3.19. The van der Waals surface area contributed by atoms with Gasteiger partial charge in [-0.3, -0.25) is 14.6 Å². The number of hydrogen-bond donors (Lipinski definition) is 0. The number of morpholine rings is 1. The largest absolute Gasteiger partial charge is 0.379 e. The van der Waals surface area contributed by atoms with Crippen molar-refractivity contribution in [3.63, 3.8) is 0 Å². The van der Waals surface area contributed by atoms with E-state index < -0.39 is 9.84 Å². The number of amides is 1. The molecule has 1 aromatic heterocycles. The van der Waals surface area contributed by atoms with Crippen LogP contribution in [0.5, 0.6) is 0 Å². The summed E-state index contributed by atoms with van der Waals surface area (Å²) in [6, 6.07) is 10.9. The summed E-state index contributed by atoms with van der Waals surface area (Å²) in [5.74, 6) is -0.126. The van der Waals surface area contributed by atoms with Crippen molar-refractivity contribution in [2.75, 3.05) is 50.5 Å². The van der Waals surface area contributed by atoms with Gasteiger partial charge in [-0.15, -0.1) is 12.4 Å². The molecule has 0 aliphatic carbocycles. The highest BCUT2D eigenvalue weighted by Crippen LogP contribution is 2.33. The zero-order chi connectivity index (χ0) is 22.9. The van der Waals surface area contributed by atoms with Gasteiger partial charge in [0, 0.05) is 38.0 Å². The normalized spacial score (nSPS) is 14.8. The van der Waals surface area contributed by atoms with E-state index in [1.165, 1.54) is 17.6 Å². The molecule has 0 saturated carbocycles. The molecule has 1 saturated heterocycles. The number of thiazole rings is 1. The number of fused-ring (bicyclic) bond motifs is 1. The fourth-order valence-electron chi connectivity index (χ4n) is 3.79. The number of ether oxygens (including phenoxy) is 1. The first-order valence-corrected chi connectivity index (χ1v) is 13.2. The highest BCUT2D eigenvalue weighted by molar-refractivity contribution is 7.91. The second-order valence-corrected chi connectivity index (χ2v) is 11.1. The van der Waals surface area contributed by atoms with Gasteiger partial charge in [-0.2, -0.15) is 0 Å². The number of aryl methyl sites for hydroxylation is 2. The van der Waals surface area contributed by atoms with Crippen LogP contribution in [0.1, 0.15) is 21.5 Å². The number of benzene rings is 2. The van der Waals surface area contributed by atoms with Crippen LogP contribution in [0.4, 0.5) is 5.13 Å². The zero-order valence-electron chi connectivity index (χ0n) is 18.9. The molecule has 178 valence electrons. The second kappa shape index (κ2) is 10.5. The van der Waals surface area contributed by atoms with Crippen LogP contribution >= 0.6 is 23.7 Å². The van der Waals surface area contributed by atoms with Crippen molar-refractivity contribution in [3.8, 4) is 0 Å². The summed E-state index contributed by atoms with van der Waals surface area (Å²) < 4.78 is 30.7. The molecule has 1 amide bonds. The van der Waals surface area contributed by atoms with Crippen molar-refractivity contribution in [1.82, 2.24) is 9.88 Å². The molecule has 0 bridgehead atoms. The third kappa shape index (κ3) is 5.73. The van der Waals surface area contributed by atoms with E-state index in [0.29, 0.717) is 42.5 Å². The van der Waals surface area contributed by atoms with Crippen molar-refractivity contribution in [1.29, 1.82) is 0 Å². The van der Waals surface area contributed by atoms with Crippen LogP contribution in [-0.2, 0) is 14.6 Å². The van der Waals surface area contributed by atoms with Gasteiger partial charge in [0.2, 0.25) is 0 Å². The van der Waals surface area contributed by atoms with Gasteiger partial charge in [0.25, 0.3) is 5.91 Å². The number of anilines is 1. The van der Waals surface area contributed by atoms with Crippen LogP contribution in [0.25, 0.3) is 10.2 Å². The lowest BCUT2D eigenvalue weighted by Crippen LogP contribution is -2.43. The Morgan fingerprint density at radius 1 is 1.18 bits per heavy atom. The molecule has 33 heavy (non-hydrogen) atoms. The summed E-state index contributed by atoms with van der Waals surface area (Å²) in [4.78, 5) is 22.5. The zero-order valence-corrected chi connectivity index (χ0v) is 21.4. The minimum atomic E-state index is -3.44. The molecule has 10 heteroatoms. The fourth-order valence-corrected chi connectivity index (χ4v) is 5.70. The van der Waals surface area contributed by atoms with Gasteiger partial charge in [-0.05, 0) is 37.6 Å². The summed E-state index contributed by atoms with van der Waals surface area (Å²) in [6.45, 7) is 8.05. The molecule has 0 spiro atoms. The predicted octanol–water partition coefficient (Wildman–Crippen LogP) is 3.72. The van der Waals surface area contributed by atoms with Crippen LogP contribution in [0, 0.1) is 13.8 Å². The number of hydrogen-bond acceptors (Lipinski definition) is 7. The van der Waals surface area contributed by atoms with Gasteiger partial charge in [0.15, 0.2) is 15.0 Å². The highest BCUT2D eigenvalue weighted by Gasteiger charge is 2.25. The number of nitrogens with zero attached hydrogens (tertiary/aromatic N) is 3. The van der Waals surface area contributed by atoms with Gasteiger partial charge in [-0.1, -0.05) is 35.1 Å². The number of aromatic nitrogens is 1. The number of sulfone groups is 1. The monoisotopic (exact) mass is 509 g/mol. The lowest BCUT2D eigenvalue weighted by molar-refractivity contribution is 0.0391. The van der Waals surface area contributed by atoms with E-state index >= 15 is 0 Å². The minimum Gasteiger partial charge on any atom is -0.379 e. The van der Waals surface area contributed by atoms with E-state index in [-0.39, 0.29) is 23.2 Å². The van der Waals surface area contributed by atoms with Crippen molar-refractivity contribution >= 4 is 54.8 Å². The first-order valence-electron chi connectivity index (χ1n) is 10.5. The number of carbonyl (C=O) groups excluding carboxylic acids is 1. The second-order valence-electron chi connectivity index (χ2n) is 8.10. The maximum atomic E-state index is 13.7. The third-order valence-electron chi connectivity index (χ3n) is 5.61. The molecule has 1 aliphatic rings. The predicted molar refractivity (Wildman–Crippen MR) is 135 cm³/mol. The van der Waals surface area contributed by atoms with Gasteiger partial charge >= 0.3 is 0 Å². The lowest BCUT2D eigenvalue weighted by atomic mass is 10.0. The Morgan fingerprint density at radius 3 is 2.61 bits per heavy atom. The summed E-state index contributed by atoms with van der Waals surface area (Å²) in [6.07, 6.45) is 1.18. The highest BCUT2D eigenvalue weighted by atomic mass is 35.5. The summed E-state index contributed by atoms with van der Waals surface area (Å²) in [5, 5.41) is 0.510. The summed E-state index contributed by atoms with van der Waals surface area (Å²) >= 11 is 1.34. The van der Waals surface area contributed by atoms with E-state index in [1.807, 2.05) is 38.1 Å². The van der Waals surface area contributed by atoms with E-state index in [4.69, 9.17) is 4.74 Å². The van der Waals surface area contributed by atoms with Crippen LogP contribution < -0.4 is 4.90 Å². The average molecular weight is 510 g/mol. The standard InChI is InChI=1S/C23H27N3O4S2.ClH/c1-16-7-8-17(2)18(15-16)22(27)26(10-9-25-11-13-30-14-12-25)23-24-21-19(31-23)5-4-6-20(21)32(3,28)29;/h4-8,15H,9-14H2,1-3H3;1H. The molecule has 3 aromatic rings. The van der Waals surface area contributed by atoms with Crippen LogP contribution in [0.15, 0.2) is 41.3 Å². The van der Waals surface area contributed by atoms with Crippen LogP contribution in [-0.4, -0.2) is 69.9 Å². The van der Waals surface area contributed by atoms with E-state index in [0.717, 1.165) is 28.9 Å². The maximum absolute atomic E-state index is 13.7. The maximum Gasteiger partial charge on any atom is 0.260 e. The minimum absolute atomic E-state index is 0. The number of halogens is 1. The van der Waals surface area contributed by atoms with Gasteiger partial charge in [-0.25, -0.2) is 13.4 Å². The number of carbonyl (C=O) groups is 1. The molecular formula is C23H28ClN3O4S2. The molecule has 0 atom stereocenters. The van der Waals surface area contributed by atoms with E-state index in [9.17, 15) is 13.2 Å². The molecule has 7 nitrogen and oxygen atoms in total. The Kier molecular flexibility index (Phi) is 8.13. The van der Waals surface area contributed by atoms with E-state index in [1.54, 1.807) is 17.0 Å². The van der Waals surface area contributed by atoms with Crippen LogP contribution in [0.2, 0.25) is 0 Å². The molecular weight excluding hydrogens is 482 g/mol. The Morgan fingerprint density at radius 2 is 1.91 bits per heavy atom.